The average Bonchev–Trinajstić information content (AvgIpc) is 2.25. The lowest BCUT2D eigenvalue weighted by Crippen LogP contribution is -2.27. The molecular weight excluding hydrogens is 208 g/mol. The van der Waals surface area contributed by atoms with Crippen LogP contribution < -0.4 is 15.8 Å². The van der Waals surface area contributed by atoms with Crippen LogP contribution in [0, 0.1) is 0 Å². The van der Waals surface area contributed by atoms with E-state index in [1.807, 2.05) is 6.92 Å². The number of benzene rings is 1. The van der Waals surface area contributed by atoms with Crippen molar-refractivity contribution in [1.82, 2.24) is 0 Å². The van der Waals surface area contributed by atoms with Crippen molar-refractivity contribution < 1.29 is 14.9 Å². The fourth-order valence-corrected chi connectivity index (χ4v) is 1.34. The lowest BCUT2D eigenvalue weighted by atomic mass is 10.2. The van der Waals surface area contributed by atoms with Crippen LogP contribution in [0.1, 0.15) is 6.92 Å². The molecular formula is C11H18N2O3. The molecule has 0 unspecified atom stereocenters. The molecule has 90 valence electrons. The molecule has 0 aromatic heterocycles. The summed E-state index contributed by atoms with van der Waals surface area (Å²) in [4.78, 5) is 0. The molecule has 0 radical (unpaired) electrons. The maximum Gasteiger partial charge on any atom is 0.123 e. The molecule has 5 heteroatoms. The van der Waals surface area contributed by atoms with Gasteiger partial charge in [-0.15, -0.1) is 0 Å². The monoisotopic (exact) mass is 226 g/mol. The van der Waals surface area contributed by atoms with E-state index in [-0.39, 0.29) is 13.2 Å². The van der Waals surface area contributed by atoms with E-state index < -0.39 is 6.04 Å². The van der Waals surface area contributed by atoms with Gasteiger partial charge < -0.3 is 26.0 Å². The second-order valence-corrected chi connectivity index (χ2v) is 3.43. The number of rotatable bonds is 6. The van der Waals surface area contributed by atoms with Gasteiger partial charge in [0.1, 0.15) is 5.75 Å². The van der Waals surface area contributed by atoms with Crippen molar-refractivity contribution in [3.05, 3.63) is 18.2 Å². The van der Waals surface area contributed by atoms with Gasteiger partial charge in [-0.1, -0.05) is 0 Å². The summed E-state index contributed by atoms with van der Waals surface area (Å²) in [5.74, 6) is 0.666. The smallest absolute Gasteiger partial charge is 0.123 e. The van der Waals surface area contributed by atoms with Gasteiger partial charge in [0.2, 0.25) is 0 Å². The SMILES string of the molecule is CCOc1cc(N)cc(NC(CO)CO)c1. The number of hydrogen-bond acceptors (Lipinski definition) is 5. The Labute approximate surface area is 94.8 Å². The predicted molar refractivity (Wildman–Crippen MR) is 63.6 cm³/mol. The molecule has 0 saturated carbocycles. The van der Waals surface area contributed by atoms with E-state index >= 15 is 0 Å². The van der Waals surface area contributed by atoms with Crippen LogP contribution in [0.5, 0.6) is 5.75 Å². The number of aliphatic hydroxyl groups excluding tert-OH is 2. The maximum absolute atomic E-state index is 8.94. The molecule has 0 atom stereocenters. The van der Waals surface area contributed by atoms with Crippen LogP contribution in [0.4, 0.5) is 11.4 Å². The average molecular weight is 226 g/mol. The Bertz CT molecular complexity index is 327. The summed E-state index contributed by atoms with van der Waals surface area (Å²) in [5.41, 5.74) is 6.99. The number of aliphatic hydroxyl groups is 2. The lowest BCUT2D eigenvalue weighted by molar-refractivity contribution is 0.204. The minimum Gasteiger partial charge on any atom is -0.494 e. The van der Waals surface area contributed by atoms with Crippen molar-refractivity contribution >= 4 is 11.4 Å². The molecule has 0 aliphatic heterocycles. The number of ether oxygens (including phenoxy) is 1. The molecule has 0 saturated heterocycles. The fourth-order valence-electron chi connectivity index (χ4n) is 1.34. The standard InChI is InChI=1S/C11H18N2O3/c1-2-16-11-4-8(12)3-9(5-11)13-10(6-14)7-15/h3-5,10,13-15H,2,6-7,12H2,1H3. The summed E-state index contributed by atoms with van der Waals surface area (Å²) in [5, 5.41) is 20.8. The highest BCUT2D eigenvalue weighted by Gasteiger charge is 2.06. The van der Waals surface area contributed by atoms with Crippen LogP contribution >= 0.6 is 0 Å². The van der Waals surface area contributed by atoms with Gasteiger partial charge in [-0.25, -0.2) is 0 Å². The van der Waals surface area contributed by atoms with E-state index in [9.17, 15) is 0 Å². The Morgan fingerprint density at radius 1 is 1.31 bits per heavy atom. The summed E-state index contributed by atoms with van der Waals surface area (Å²) in [7, 11) is 0. The largest absolute Gasteiger partial charge is 0.494 e. The third kappa shape index (κ3) is 3.60. The van der Waals surface area contributed by atoms with Gasteiger partial charge in [0, 0.05) is 23.5 Å². The Hall–Kier alpha value is -1.46. The number of nitrogens with two attached hydrogens (primary N) is 1. The Morgan fingerprint density at radius 3 is 2.56 bits per heavy atom. The van der Waals surface area contributed by atoms with Gasteiger partial charge in [0.25, 0.3) is 0 Å². The number of nitrogens with one attached hydrogen (secondary N) is 1. The van der Waals surface area contributed by atoms with Crippen LogP contribution in [-0.2, 0) is 0 Å². The van der Waals surface area contributed by atoms with Crippen molar-refractivity contribution in [2.45, 2.75) is 13.0 Å². The van der Waals surface area contributed by atoms with Crippen molar-refractivity contribution in [1.29, 1.82) is 0 Å². The van der Waals surface area contributed by atoms with E-state index in [0.717, 1.165) is 5.69 Å². The molecule has 0 bridgehead atoms. The molecule has 5 nitrogen and oxygen atoms in total. The van der Waals surface area contributed by atoms with Crippen LogP contribution in [-0.4, -0.2) is 36.1 Å². The van der Waals surface area contributed by atoms with E-state index in [1.54, 1.807) is 18.2 Å². The fraction of sp³-hybridized carbons (Fsp3) is 0.455. The quantitative estimate of drug-likeness (QED) is 0.528. The molecule has 0 aliphatic carbocycles. The molecule has 5 N–H and O–H groups in total. The second-order valence-electron chi connectivity index (χ2n) is 3.43. The zero-order valence-corrected chi connectivity index (χ0v) is 9.31. The van der Waals surface area contributed by atoms with E-state index in [0.29, 0.717) is 18.0 Å². The van der Waals surface area contributed by atoms with E-state index in [2.05, 4.69) is 5.32 Å². The van der Waals surface area contributed by atoms with E-state index in [4.69, 9.17) is 20.7 Å². The van der Waals surface area contributed by atoms with Crippen LogP contribution in [0.2, 0.25) is 0 Å². The van der Waals surface area contributed by atoms with Crippen molar-refractivity contribution in [2.75, 3.05) is 30.9 Å². The summed E-state index contributed by atoms with van der Waals surface area (Å²) in [6.45, 7) is 2.16. The van der Waals surface area contributed by atoms with Gasteiger partial charge in [-0.05, 0) is 13.0 Å². The first-order valence-electron chi connectivity index (χ1n) is 5.21. The molecule has 0 heterocycles. The first-order chi connectivity index (χ1) is 7.69. The van der Waals surface area contributed by atoms with Crippen molar-refractivity contribution in [3.63, 3.8) is 0 Å². The Morgan fingerprint density at radius 2 is 2.00 bits per heavy atom. The highest BCUT2D eigenvalue weighted by atomic mass is 16.5. The summed E-state index contributed by atoms with van der Waals surface area (Å²) in [6.07, 6.45) is 0. The number of anilines is 2. The predicted octanol–water partition coefficient (Wildman–Crippen LogP) is 0.433. The first kappa shape index (κ1) is 12.6. The zero-order valence-electron chi connectivity index (χ0n) is 9.31. The minimum atomic E-state index is -0.392. The topological polar surface area (TPSA) is 87.7 Å². The van der Waals surface area contributed by atoms with E-state index in [1.165, 1.54) is 0 Å². The number of hydrogen-bond donors (Lipinski definition) is 4. The summed E-state index contributed by atoms with van der Waals surface area (Å²) in [6, 6.07) is 4.83. The van der Waals surface area contributed by atoms with Crippen molar-refractivity contribution in [3.8, 4) is 5.75 Å². The van der Waals surface area contributed by atoms with Crippen LogP contribution in [0.3, 0.4) is 0 Å². The number of nitrogen functional groups attached to an aromatic ring is 1. The van der Waals surface area contributed by atoms with Gasteiger partial charge >= 0.3 is 0 Å². The highest BCUT2D eigenvalue weighted by molar-refractivity contribution is 5.59. The Balaban J connectivity index is 2.78. The molecule has 1 aromatic carbocycles. The highest BCUT2D eigenvalue weighted by Crippen LogP contribution is 2.23. The van der Waals surface area contributed by atoms with Gasteiger partial charge in [0.15, 0.2) is 0 Å². The Kier molecular flexibility index (Phi) is 4.88. The summed E-state index contributed by atoms with van der Waals surface area (Å²) < 4.78 is 5.33. The maximum atomic E-state index is 8.94. The molecule has 1 rings (SSSR count). The van der Waals surface area contributed by atoms with Crippen LogP contribution in [0.25, 0.3) is 0 Å². The first-order valence-corrected chi connectivity index (χ1v) is 5.21. The zero-order chi connectivity index (χ0) is 12.0. The lowest BCUT2D eigenvalue weighted by Gasteiger charge is -2.16. The molecule has 0 fully saturated rings. The van der Waals surface area contributed by atoms with Gasteiger partial charge in [0.05, 0.1) is 25.9 Å². The molecule has 0 aliphatic rings. The van der Waals surface area contributed by atoms with Gasteiger partial charge in [-0.2, -0.15) is 0 Å². The second kappa shape index (κ2) is 6.19. The summed E-state index contributed by atoms with van der Waals surface area (Å²) >= 11 is 0. The molecule has 1 aromatic rings. The van der Waals surface area contributed by atoms with Gasteiger partial charge in [-0.3, -0.25) is 0 Å². The molecule has 0 amide bonds. The van der Waals surface area contributed by atoms with Crippen molar-refractivity contribution in [2.24, 2.45) is 0 Å². The minimum absolute atomic E-state index is 0.144. The third-order valence-electron chi connectivity index (χ3n) is 2.05. The molecule has 16 heavy (non-hydrogen) atoms. The third-order valence-corrected chi connectivity index (χ3v) is 2.05. The molecule has 0 spiro atoms. The normalized spacial score (nSPS) is 10.5. The van der Waals surface area contributed by atoms with Crippen LogP contribution in [0.15, 0.2) is 18.2 Å².